The van der Waals surface area contributed by atoms with Gasteiger partial charge in [-0.15, -0.1) is 0 Å². The van der Waals surface area contributed by atoms with E-state index >= 15 is 0 Å². The normalized spacial score (nSPS) is 20.1. The molecule has 2 amide bonds. The summed E-state index contributed by atoms with van der Waals surface area (Å²) in [5, 5.41) is 2.91. The monoisotopic (exact) mass is 423 g/mol. The fraction of sp³-hybridized carbons (Fsp3) is 0.417. The highest BCUT2D eigenvalue weighted by molar-refractivity contribution is 5.88. The molecule has 2 heterocycles. The zero-order valence-electron chi connectivity index (χ0n) is 17.7. The molecule has 2 fully saturated rings. The van der Waals surface area contributed by atoms with Gasteiger partial charge in [-0.05, 0) is 36.2 Å². The third-order valence-electron chi connectivity index (χ3n) is 5.65. The summed E-state index contributed by atoms with van der Waals surface area (Å²) in [6.07, 6.45) is 1.02. The molecule has 31 heavy (non-hydrogen) atoms. The molecule has 0 saturated carbocycles. The first-order chi connectivity index (χ1) is 15.2. The lowest BCUT2D eigenvalue weighted by Gasteiger charge is -2.35. The number of hydrogen-bond donors (Lipinski definition) is 1. The molecular weight excluding hydrogens is 394 g/mol. The molecule has 164 valence electrons. The molecule has 2 saturated heterocycles. The third-order valence-corrected chi connectivity index (χ3v) is 5.65. The van der Waals surface area contributed by atoms with Gasteiger partial charge in [-0.25, -0.2) is 0 Å². The lowest BCUT2D eigenvalue weighted by Crippen LogP contribution is -2.56. The lowest BCUT2D eigenvalue weighted by atomic mass is 10.1. The summed E-state index contributed by atoms with van der Waals surface area (Å²) < 4.78 is 11.4. The Hall–Kier alpha value is -2.90. The van der Waals surface area contributed by atoms with Crippen molar-refractivity contribution in [3.8, 4) is 11.5 Å². The molecule has 2 aromatic carbocycles. The second kappa shape index (κ2) is 10.4. The average Bonchev–Trinajstić information content (AvgIpc) is 3.07. The predicted molar refractivity (Wildman–Crippen MR) is 117 cm³/mol. The van der Waals surface area contributed by atoms with Crippen LogP contribution in [0.1, 0.15) is 18.4 Å². The Morgan fingerprint density at radius 2 is 1.87 bits per heavy atom. The molecule has 0 spiro atoms. The summed E-state index contributed by atoms with van der Waals surface area (Å²) in [5.41, 5.74) is 1.05. The van der Waals surface area contributed by atoms with Crippen molar-refractivity contribution >= 4 is 11.8 Å². The second-order valence-corrected chi connectivity index (χ2v) is 7.89. The van der Waals surface area contributed by atoms with E-state index in [9.17, 15) is 9.59 Å². The van der Waals surface area contributed by atoms with Gasteiger partial charge in [0, 0.05) is 39.3 Å². The maximum Gasteiger partial charge on any atom is 0.237 e. The van der Waals surface area contributed by atoms with E-state index in [4.69, 9.17) is 9.47 Å². The van der Waals surface area contributed by atoms with Crippen LogP contribution in [0.15, 0.2) is 54.6 Å². The highest BCUT2D eigenvalue weighted by Gasteiger charge is 2.33. The van der Waals surface area contributed by atoms with Crippen LogP contribution in [0.3, 0.4) is 0 Å². The van der Waals surface area contributed by atoms with E-state index in [1.807, 2.05) is 59.5 Å². The summed E-state index contributed by atoms with van der Waals surface area (Å²) >= 11 is 0. The zero-order chi connectivity index (χ0) is 21.5. The Morgan fingerprint density at radius 3 is 2.74 bits per heavy atom. The minimum Gasteiger partial charge on any atom is -0.457 e. The topological polar surface area (TPSA) is 71.1 Å². The first-order valence-corrected chi connectivity index (χ1v) is 10.9. The van der Waals surface area contributed by atoms with Crippen molar-refractivity contribution in [3.05, 3.63) is 60.2 Å². The number of carbonyl (C=O) groups is 2. The van der Waals surface area contributed by atoms with E-state index in [0.29, 0.717) is 45.9 Å². The summed E-state index contributed by atoms with van der Waals surface area (Å²) in [6.45, 7) is 4.39. The average molecular weight is 424 g/mol. The molecule has 0 aliphatic carbocycles. The molecule has 7 nitrogen and oxygen atoms in total. The van der Waals surface area contributed by atoms with E-state index in [1.54, 1.807) is 0 Å². The fourth-order valence-electron chi connectivity index (χ4n) is 4.03. The molecule has 4 rings (SSSR count). The maximum absolute atomic E-state index is 12.9. The van der Waals surface area contributed by atoms with Crippen LogP contribution in [-0.4, -0.2) is 67.0 Å². The number of rotatable bonds is 6. The van der Waals surface area contributed by atoms with Gasteiger partial charge in [-0.1, -0.05) is 30.3 Å². The van der Waals surface area contributed by atoms with Gasteiger partial charge in [0.05, 0.1) is 19.1 Å². The number of nitrogens with one attached hydrogen (secondary N) is 1. The Balaban J connectivity index is 1.42. The van der Waals surface area contributed by atoms with Gasteiger partial charge in [0.25, 0.3) is 0 Å². The number of piperazine rings is 1. The van der Waals surface area contributed by atoms with Crippen molar-refractivity contribution in [1.29, 1.82) is 0 Å². The SMILES string of the molecule is O=C1NCCN(Cc2cccc(Oc3ccccc3)c2)C1CC(=O)N1CCCOCC1. The molecule has 2 aromatic rings. The molecule has 1 unspecified atom stereocenters. The minimum absolute atomic E-state index is 0.0127. The smallest absolute Gasteiger partial charge is 0.237 e. The lowest BCUT2D eigenvalue weighted by molar-refractivity contribution is -0.139. The molecular formula is C24H29N3O4. The van der Waals surface area contributed by atoms with Crippen LogP contribution in [0, 0.1) is 0 Å². The zero-order valence-corrected chi connectivity index (χ0v) is 17.7. The molecule has 1 N–H and O–H groups in total. The standard InChI is InChI=1S/C24H29N3O4/c28-23(26-11-5-14-30-15-13-26)17-22-24(29)25-10-12-27(22)18-19-6-4-9-21(16-19)31-20-7-2-1-3-8-20/h1-4,6-9,16,22H,5,10-15,17-18H2,(H,25,29). The molecule has 2 aliphatic heterocycles. The van der Waals surface area contributed by atoms with Crippen LogP contribution in [0.5, 0.6) is 11.5 Å². The first-order valence-electron chi connectivity index (χ1n) is 10.9. The first kappa shape index (κ1) is 21.3. The Morgan fingerprint density at radius 1 is 1.03 bits per heavy atom. The van der Waals surface area contributed by atoms with Crippen molar-refractivity contribution in [3.63, 3.8) is 0 Å². The van der Waals surface area contributed by atoms with E-state index in [-0.39, 0.29) is 18.2 Å². The number of hydrogen-bond acceptors (Lipinski definition) is 5. The van der Waals surface area contributed by atoms with Gasteiger partial charge in [0.2, 0.25) is 11.8 Å². The van der Waals surface area contributed by atoms with Gasteiger partial charge < -0.3 is 19.7 Å². The fourth-order valence-corrected chi connectivity index (χ4v) is 4.03. The summed E-state index contributed by atoms with van der Waals surface area (Å²) in [7, 11) is 0. The highest BCUT2D eigenvalue weighted by atomic mass is 16.5. The number of carbonyl (C=O) groups excluding carboxylic acids is 2. The number of ether oxygens (including phenoxy) is 2. The quantitative estimate of drug-likeness (QED) is 0.773. The molecule has 0 bridgehead atoms. The van der Waals surface area contributed by atoms with Gasteiger partial charge in [0.1, 0.15) is 11.5 Å². The van der Waals surface area contributed by atoms with Crippen LogP contribution >= 0.6 is 0 Å². The van der Waals surface area contributed by atoms with Crippen LogP contribution in [0.4, 0.5) is 0 Å². The van der Waals surface area contributed by atoms with Crippen molar-refractivity contribution in [2.45, 2.75) is 25.4 Å². The number of benzene rings is 2. The van der Waals surface area contributed by atoms with Gasteiger partial charge in [-0.2, -0.15) is 0 Å². The summed E-state index contributed by atoms with van der Waals surface area (Å²) in [5.74, 6) is 1.46. The van der Waals surface area contributed by atoms with Gasteiger partial charge in [0.15, 0.2) is 0 Å². The van der Waals surface area contributed by atoms with Crippen molar-refractivity contribution < 1.29 is 19.1 Å². The van der Waals surface area contributed by atoms with Crippen molar-refractivity contribution in [2.24, 2.45) is 0 Å². The summed E-state index contributed by atoms with van der Waals surface area (Å²) in [6, 6.07) is 17.1. The number of para-hydroxylation sites is 1. The van der Waals surface area contributed by atoms with Crippen molar-refractivity contribution in [2.75, 3.05) is 39.4 Å². The van der Waals surface area contributed by atoms with Crippen LogP contribution < -0.4 is 10.1 Å². The van der Waals surface area contributed by atoms with Crippen LogP contribution in [0.2, 0.25) is 0 Å². The Labute approximate surface area is 182 Å². The molecule has 2 aliphatic rings. The van der Waals surface area contributed by atoms with Gasteiger partial charge in [-0.3, -0.25) is 14.5 Å². The van der Waals surface area contributed by atoms with E-state index in [1.165, 1.54) is 0 Å². The van der Waals surface area contributed by atoms with Crippen LogP contribution in [-0.2, 0) is 20.9 Å². The highest BCUT2D eigenvalue weighted by Crippen LogP contribution is 2.23. The molecule has 0 aromatic heterocycles. The minimum atomic E-state index is -0.468. The van der Waals surface area contributed by atoms with E-state index in [2.05, 4.69) is 10.2 Å². The number of nitrogens with zero attached hydrogens (tertiary/aromatic N) is 2. The van der Waals surface area contributed by atoms with E-state index in [0.717, 1.165) is 23.5 Å². The maximum atomic E-state index is 12.9. The Bertz CT molecular complexity index is 881. The Kier molecular flexibility index (Phi) is 7.17. The van der Waals surface area contributed by atoms with E-state index < -0.39 is 6.04 Å². The molecule has 0 radical (unpaired) electrons. The predicted octanol–water partition coefficient (Wildman–Crippen LogP) is 2.42. The van der Waals surface area contributed by atoms with Crippen LogP contribution in [0.25, 0.3) is 0 Å². The second-order valence-electron chi connectivity index (χ2n) is 7.89. The number of amides is 2. The largest absolute Gasteiger partial charge is 0.457 e. The van der Waals surface area contributed by atoms with Crippen molar-refractivity contribution in [1.82, 2.24) is 15.1 Å². The molecule has 1 atom stereocenters. The summed E-state index contributed by atoms with van der Waals surface area (Å²) in [4.78, 5) is 29.4. The molecule has 7 heteroatoms. The van der Waals surface area contributed by atoms with Gasteiger partial charge >= 0.3 is 0 Å². The third kappa shape index (κ3) is 5.83.